The Bertz CT molecular complexity index is 423. The molecule has 0 unspecified atom stereocenters. The van der Waals surface area contributed by atoms with Gasteiger partial charge in [0.1, 0.15) is 0 Å². The van der Waals surface area contributed by atoms with E-state index in [1.165, 1.54) is 12.1 Å². The van der Waals surface area contributed by atoms with E-state index in [1.54, 1.807) is 0 Å². The zero-order chi connectivity index (χ0) is 12.4. The molecule has 92 valence electrons. The molecule has 0 aromatic heterocycles. The lowest BCUT2D eigenvalue weighted by atomic mass is 10.3. The van der Waals surface area contributed by atoms with Gasteiger partial charge < -0.3 is 10.1 Å². The number of benzene rings is 1. The van der Waals surface area contributed by atoms with Crippen molar-refractivity contribution < 1.29 is 9.53 Å². The minimum absolute atomic E-state index is 0.0996. The van der Waals surface area contributed by atoms with Crippen molar-refractivity contribution in [1.29, 1.82) is 0 Å². The van der Waals surface area contributed by atoms with E-state index in [0.717, 1.165) is 12.8 Å². The number of ether oxygens (including phenoxy) is 1. The molecule has 1 N–H and O–H groups in total. The van der Waals surface area contributed by atoms with E-state index < -0.39 is 0 Å². The Morgan fingerprint density at radius 2 is 1.88 bits per heavy atom. The molecule has 0 heterocycles. The summed E-state index contributed by atoms with van der Waals surface area (Å²) in [6.07, 6.45) is 2.07. The molecule has 0 atom stereocenters. The van der Waals surface area contributed by atoms with Crippen LogP contribution in [0.1, 0.15) is 12.8 Å². The Hall–Kier alpha value is -0.640. The number of nitrogens with one attached hydrogen (secondary N) is 1. The monoisotopic (exact) mass is 293 g/mol. The lowest BCUT2D eigenvalue weighted by Gasteiger charge is -2.10. The maximum Gasteiger partial charge on any atom is 0.258 e. The van der Waals surface area contributed by atoms with Crippen LogP contribution in [0.5, 0.6) is 5.75 Å². The number of carbonyl (C=O) groups excluding carboxylic acids is 1. The van der Waals surface area contributed by atoms with E-state index in [9.17, 15) is 4.79 Å². The Balaban J connectivity index is 1.95. The van der Waals surface area contributed by atoms with Gasteiger partial charge in [0.15, 0.2) is 12.4 Å². The van der Waals surface area contributed by atoms with Gasteiger partial charge in [-0.25, -0.2) is 0 Å². The van der Waals surface area contributed by atoms with E-state index in [4.69, 9.17) is 39.5 Å². The lowest BCUT2D eigenvalue weighted by molar-refractivity contribution is -0.123. The summed E-state index contributed by atoms with van der Waals surface area (Å²) in [4.78, 5) is 11.4. The second-order valence-corrected chi connectivity index (χ2v) is 5.08. The van der Waals surface area contributed by atoms with E-state index in [2.05, 4.69) is 5.32 Å². The van der Waals surface area contributed by atoms with Crippen LogP contribution >= 0.6 is 34.8 Å². The fourth-order valence-electron chi connectivity index (χ4n) is 1.30. The predicted octanol–water partition coefficient (Wildman–Crippen LogP) is 3.30. The van der Waals surface area contributed by atoms with Gasteiger partial charge in [0.25, 0.3) is 5.91 Å². The third-order valence-corrected chi connectivity index (χ3v) is 3.03. The second-order valence-electron chi connectivity index (χ2n) is 3.83. The Kier molecular flexibility index (Phi) is 4.02. The highest BCUT2D eigenvalue weighted by Gasteiger charge is 2.23. The molecule has 0 bridgehead atoms. The molecule has 1 aliphatic carbocycles. The molecule has 1 saturated carbocycles. The van der Waals surface area contributed by atoms with Gasteiger partial charge in [0.05, 0.1) is 10.0 Å². The van der Waals surface area contributed by atoms with Gasteiger partial charge in [0.2, 0.25) is 0 Å². The van der Waals surface area contributed by atoms with Crippen molar-refractivity contribution in [1.82, 2.24) is 5.32 Å². The smallest absolute Gasteiger partial charge is 0.258 e. The quantitative estimate of drug-likeness (QED) is 0.925. The highest BCUT2D eigenvalue weighted by Crippen LogP contribution is 2.35. The molecule has 1 amide bonds. The zero-order valence-electron chi connectivity index (χ0n) is 8.80. The maximum absolute atomic E-state index is 11.4. The number of rotatable bonds is 4. The van der Waals surface area contributed by atoms with Crippen molar-refractivity contribution in [2.75, 3.05) is 6.61 Å². The van der Waals surface area contributed by atoms with Crippen molar-refractivity contribution in [3.05, 3.63) is 27.2 Å². The standard InChI is InChI=1S/C11H10Cl3NO2/c12-6-3-8(13)11(9(14)4-6)17-5-10(16)15-7-1-2-7/h3-4,7H,1-2,5H2,(H,15,16). The normalized spacial score (nSPS) is 14.5. The molecule has 0 saturated heterocycles. The largest absolute Gasteiger partial charge is 0.481 e. The predicted molar refractivity (Wildman–Crippen MR) is 68.1 cm³/mol. The Morgan fingerprint density at radius 3 is 2.41 bits per heavy atom. The molecule has 0 radical (unpaired) electrons. The number of amides is 1. The number of halogens is 3. The summed E-state index contributed by atoms with van der Waals surface area (Å²) in [6.45, 7) is -0.0996. The van der Waals surface area contributed by atoms with Crippen LogP contribution in [0.15, 0.2) is 12.1 Å². The van der Waals surface area contributed by atoms with E-state index in [-0.39, 0.29) is 18.3 Å². The van der Waals surface area contributed by atoms with Crippen LogP contribution in [-0.4, -0.2) is 18.6 Å². The molecule has 6 heteroatoms. The van der Waals surface area contributed by atoms with Crippen LogP contribution in [0, 0.1) is 0 Å². The summed E-state index contributed by atoms with van der Waals surface area (Å²) in [6, 6.07) is 3.34. The van der Waals surface area contributed by atoms with Crippen LogP contribution in [0.3, 0.4) is 0 Å². The highest BCUT2D eigenvalue weighted by atomic mass is 35.5. The number of hydrogen-bond donors (Lipinski definition) is 1. The van der Waals surface area contributed by atoms with Crippen molar-refractivity contribution in [3.8, 4) is 5.75 Å². The first-order valence-electron chi connectivity index (χ1n) is 5.13. The van der Waals surface area contributed by atoms with E-state index in [1.807, 2.05) is 0 Å². The summed E-state index contributed by atoms with van der Waals surface area (Å²) in [5, 5.41) is 3.81. The van der Waals surface area contributed by atoms with Crippen molar-refractivity contribution in [2.45, 2.75) is 18.9 Å². The van der Waals surface area contributed by atoms with Gasteiger partial charge in [-0.15, -0.1) is 0 Å². The van der Waals surface area contributed by atoms with Crippen molar-refractivity contribution >= 4 is 40.7 Å². The van der Waals surface area contributed by atoms with Crippen molar-refractivity contribution in [3.63, 3.8) is 0 Å². The lowest BCUT2D eigenvalue weighted by Crippen LogP contribution is -2.30. The maximum atomic E-state index is 11.4. The van der Waals surface area contributed by atoms with Crippen LogP contribution in [0.4, 0.5) is 0 Å². The SMILES string of the molecule is O=C(COc1c(Cl)cc(Cl)cc1Cl)NC1CC1. The molecule has 3 nitrogen and oxygen atoms in total. The van der Waals surface area contributed by atoms with Gasteiger partial charge in [-0.1, -0.05) is 34.8 Å². The molecule has 2 rings (SSSR count). The number of hydrogen-bond acceptors (Lipinski definition) is 2. The van der Waals surface area contributed by atoms with Gasteiger partial charge in [-0.2, -0.15) is 0 Å². The molecule has 0 spiro atoms. The third kappa shape index (κ3) is 3.66. The first-order valence-corrected chi connectivity index (χ1v) is 6.26. The van der Waals surface area contributed by atoms with Gasteiger partial charge in [-0.05, 0) is 25.0 Å². The summed E-state index contributed by atoms with van der Waals surface area (Å²) in [5.41, 5.74) is 0. The minimum Gasteiger partial charge on any atom is -0.481 e. The van der Waals surface area contributed by atoms with Crippen LogP contribution in [-0.2, 0) is 4.79 Å². The molecule has 1 aromatic rings. The molecular weight excluding hydrogens is 284 g/mol. The van der Waals surface area contributed by atoms with Crippen LogP contribution < -0.4 is 10.1 Å². The first kappa shape index (κ1) is 12.8. The van der Waals surface area contributed by atoms with E-state index in [0.29, 0.717) is 21.1 Å². The van der Waals surface area contributed by atoms with Gasteiger partial charge >= 0.3 is 0 Å². The van der Waals surface area contributed by atoms with Gasteiger partial charge in [0, 0.05) is 11.1 Å². The second kappa shape index (κ2) is 5.34. The molecule has 1 fully saturated rings. The van der Waals surface area contributed by atoms with Gasteiger partial charge in [-0.3, -0.25) is 4.79 Å². The van der Waals surface area contributed by atoms with E-state index >= 15 is 0 Å². The molecule has 1 aromatic carbocycles. The molecule has 1 aliphatic rings. The highest BCUT2D eigenvalue weighted by molar-refractivity contribution is 6.40. The van der Waals surface area contributed by atoms with Crippen LogP contribution in [0.2, 0.25) is 15.1 Å². The Labute approximate surface area is 114 Å². The summed E-state index contributed by atoms with van der Waals surface area (Å²) in [7, 11) is 0. The molecule has 0 aliphatic heterocycles. The Morgan fingerprint density at radius 1 is 1.29 bits per heavy atom. The number of carbonyl (C=O) groups is 1. The fraction of sp³-hybridized carbons (Fsp3) is 0.364. The average molecular weight is 295 g/mol. The van der Waals surface area contributed by atoms with Crippen LogP contribution in [0.25, 0.3) is 0 Å². The van der Waals surface area contributed by atoms with Crippen molar-refractivity contribution in [2.24, 2.45) is 0 Å². The average Bonchev–Trinajstić information content (AvgIpc) is 2.99. The summed E-state index contributed by atoms with van der Waals surface area (Å²) >= 11 is 17.6. The zero-order valence-corrected chi connectivity index (χ0v) is 11.1. The molecular formula is C11H10Cl3NO2. The third-order valence-electron chi connectivity index (χ3n) is 2.25. The molecule has 17 heavy (non-hydrogen) atoms. The first-order chi connectivity index (χ1) is 8.06. The summed E-state index contributed by atoms with van der Waals surface area (Å²) in [5.74, 6) is 0.110. The fourth-order valence-corrected chi connectivity index (χ4v) is 2.23. The topological polar surface area (TPSA) is 38.3 Å². The summed E-state index contributed by atoms with van der Waals surface area (Å²) < 4.78 is 5.28. The minimum atomic E-state index is -0.172.